The number of nitrogens with one attached hydrogen (secondary N) is 1. The molecule has 1 amide bonds. The van der Waals surface area contributed by atoms with Crippen molar-refractivity contribution in [3.63, 3.8) is 0 Å². The van der Waals surface area contributed by atoms with Crippen LogP contribution in [0, 0.1) is 5.92 Å². The van der Waals surface area contributed by atoms with Crippen LogP contribution >= 0.6 is 0 Å². The van der Waals surface area contributed by atoms with Gasteiger partial charge in [-0.2, -0.15) is 0 Å². The highest BCUT2D eigenvalue weighted by Crippen LogP contribution is 2.18. The van der Waals surface area contributed by atoms with Crippen molar-refractivity contribution >= 4 is 15.7 Å². The Morgan fingerprint density at radius 3 is 2.55 bits per heavy atom. The molecule has 22 heavy (non-hydrogen) atoms. The molecule has 0 aromatic heterocycles. The molecule has 1 heterocycles. The topological polar surface area (TPSA) is 81.7 Å². The number of sulfone groups is 1. The molecule has 1 saturated heterocycles. The minimum absolute atomic E-state index is 0.0384. The van der Waals surface area contributed by atoms with Crippen LogP contribution in [0.15, 0.2) is 24.3 Å². The van der Waals surface area contributed by atoms with E-state index in [-0.39, 0.29) is 36.4 Å². The number of amides is 1. The third-order valence-corrected chi connectivity index (χ3v) is 5.41. The average molecular weight is 327 g/mol. The van der Waals surface area contributed by atoms with Crippen LogP contribution in [0.25, 0.3) is 0 Å². The summed E-state index contributed by atoms with van der Waals surface area (Å²) < 4.78 is 33.2. The van der Waals surface area contributed by atoms with Gasteiger partial charge in [0.15, 0.2) is 9.84 Å². The Labute approximate surface area is 130 Å². The van der Waals surface area contributed by atoms with Gasteiger partial charge in [0.05, 0.1) is 31.6 Å². The van der Waals surface area contributed by atoms with Crippen LogP contribution in [-0.4, -0.2) is 46.1 Å². The maximum atomic E-state index is 11.7. The van der Waals surface area contributed by atoms with Crippen LogP contribution in [-0.2, 0) is 14.6 Å². The molecule has 1 aliphatic rings. The van der Waals surface area contributed by atoms with Gasteiger partial charge in [0.25, 0.3) is 0 Å². The first-order valence-corrected chi connectivity index (χ1v) is 9.04. The van der Waals surface area contributed by atoms with Crippen LogP contribution in [0.5, 0.6) is 11.5 Å². The Morgan fingerprint density at radius 1 is 1.27 bits per heavy atom. The smallest absolute Gasteiger partial charge is 0.223 e. The minimum Gasteiger partial charge on any atom is -0.497 e. The van der Waals surface area contributed by atoms with E-state index in [2.05, 4.69) is 5.32 Å². The highest BCUT2D eigenvalue weighted by Gasteiger charge is 2.27. The van der Waals surface area contributed by atoms with E-state index >= 15 is 0 Å². The van der Waals surface area contributed by atoms with Crippen molar-refractivity contribution in [3.8, 4) is 11.5 Å². The minimum atomic E-state index is -2.89. The number of hydrogen-bond donors (Lipinski definition) is 1. The molecule has 0 aliphatic carbocycles. The molecule has 7 heteroatoms. The zero-order valence-electron chi connectivity index (χ0n) is 12.6. The zero-order chi connectivity index (χ0) is 16.0. The third-order valence-electron chi connectivity index (χ3n) is 3.57. The number of carbonyl (C=O) groups excluding carboxylic acids is 1. The van der Waals surface area contributed by atoms with Crippen LogP contribution < -0.4 is 14.8 Å². The van der Waals surface area contributed by atoms with Gasteiger partial charge in [-0.05, 0) is 36.6 Å². The van der Waals surface area contributed by atoms with Gasteiger partial charge in [0.2, 0.25) is 5.91 Å². The van der Waals surface area contributed by atoms with Crippen LogP contribution in [0.3, 0.4) is 0 Å². The third kappa shape index (κ3) is 5.22. The Morgan fingerprint density at radius 2 is 1.95 bits per heavy atom. The van der Waals surface area contributed by atoms with E-state index in [1.807, 2.05) is 0 Å². The molecule has 1 fully saturated rings. The monoisotopic (exact) mass is 327 g/mol. The molecule has 1 aromatic carbocycles. The van der Waals surface area contributed by atoms with Crippen molar-refractivity contribution in [2.24, 2.45) is 5.92 Å². The van der Waals surface area contributed by atoms with Crippen molar-refractivity contribution in [1.82, 2.24) is 5.32 Å². The Hall–Kier alpha value is -1.76. The van der Waals surface area contributed by atoms with Crippen LogP contribution in [0.2, 0.25) is 0 Å². The van der Waals surface area contributed by atoms with Gasteiger partial charge >= 0.3 is 0 Å². The SMILES string of the molecule is COc1ccc(OCCC(=O)NC[C@H]2CCS(=O)(=O)C2)cc1. The number of rotatable bonds is 7. The Kier molecular flexibility index (Phi) is 5.65. The van der Waals surface area contributed by atoms with Gasteiger partial charge < -0.3 is 14.8 Å². The maximum absolute atomic E-state index is 11.7. The summed E-state index contributed by atoms with van der Waals surface area (Å²) in [5.74, 6) is 1.74. The van der Waals surface area contributed by atoms with Crippen LogP contribution in [0.4, 0.5) is 0 Å². The summed E-state index contributed by atoms with van der Waals surface area (Å²) >= 11 is 0. The zero-order valence-corrected chi connectivity index (χ0v) is 13.4. The van der Waals surface area contributed by atoms with Gasteiger partial charge in [-0.25, -0.2) is 8.42 Å². The molecular formula is C15H21NO5S. The van der Waals surface area contributed by atoms with Crippen molar-refractivity contribution in [2.45, 2.75) is 12.8 Å². The molecule has 1 atom stereocenters. The summed E-state index contributed by atoms with van der Waals surface area (Å²) in [6, 6.07) is 7.13. The van der Waals surface area contributed by atoms with Gasteiger partial charge in [-0.1, -0.05) is 0 Å². The Balaban J connectivity index is 1.63. The molecule has 122 valence electrons. The van der Waals surface area contributed by atoms with Gasteiger partial charge in [-0.15, -0.1) is 0 Å². The number of carbonyl (C=O) groups is 1. The number of methoxy groups -OCH3 is 1. The first kappa shape index (κ1) is 16.6. The quantitative estimate of drug-likeness (QED) is 0.808. The molecule has 0 unspecified atom stereocenters. The normalized spacial score (nSPS) is 19.6. The van der Waals surface area contributed by atoms with Crippen molar-refractivity contribution in [3.05, 3.63) is 24.3 Å². The lowest BCUT2D eigenvalue weighted by molar-refractivity contribution is -0.121. The largest absolute Gasteiger partial charge is 0.497 e. The van der Waals surface area contributed by atoms with E-state index in [9.17, 15) is 13.2 Å². The highest BCUT2D eigenvalue weighted by atomic mass is 32.2. The number of ether oxygens (including phenoxy) is 2. The summed E-state index contributed by atoms with van der Waals surface area (Å²) in [5, 5.41) is 2.76. The summed E-state index contributed by atoms with van der Waals surface area (Å²) in [5.41, 5.74) is 0. The predicted octanol–water partition coefficient (Wildman–Crippen LogP) is 1.02. The van der Waals surface area contributed by atoms with E-state index in [0.29, 0.717) is 18.7 Å². The fourth-order valence-corrected chi connectivity index (χ4v) is 4.17. The average Bonchev–Trinajstić information content (AvgIpc) is 2.85. The number of benzene rings is 1. The first-order valence-electron chi connectivity index (χ1n) is 7.22. The van der Waals surface area contributed by atoms with Gasteiger partial charge in [-0.3, -0.25) is 4.79 Å². The Bertz CT molecular complexity index is 597. The van der Waals surface area contributed by atoms with E-state index < -0.39 is 9.84 Å². The molecule has 1 aliphatic heterocycles. The van der Waals surface area contributed by atoms with E-state index in [1.165, 1.54) is 0 Å². The maximum Gasteiger partial charge on any atom is 0.223 e. The second-order valence-electron chi connectivity index (χ2n) is 5.35. The molecule has 6 nitrogen and oxygen atoms in total. The van der Waals surface area contributed by atoms with Gasteiger partial charge in [0.1, 0.15) is 11.5 Å². The molecule has 2 rings (SSSR count). The molecule has 1 aromatic rings. The summed E-state index contributed by atoms with van der Waals surface area (Å²) in [7, 11) is -1.30. The lowest BCUT2D eigenvalue weighted by Gasteiger charge is -2.10. The second-order valence-corrected chi connectivity index (χ2v) is 7.58. The molecule has 0 spiro atoms. The fourth-order valence-electron chi connectivity index (χ4n) is 2.31. The summed E-state index contributed by atoms with van der Waals surface area (Å²) in [6.07, 6.45) is 0.871. The van der Waals surface area contributed by atoms with E-state index in [4.69, 9.17) is 9.47 Å². The lowest BCUT2D eigenvalue weighted by Crippen LogP contribution is -2.30. The van der Waals surface area contributed by atoms with Crippen molar-refractivity contribution < 1.29 is 22.7 Å². The summed E-state index contributed by atoms with van der Waals surface area (Å²) in [4.78, 5) is 11.7. The molecular weight excluding hydrogens is 306 g/mol. The predicted molar refractivity (Wildman–Crippen MR) is 82.9 cm³/mol. The molecule has 1 N–H and O–H groups in total. The first-order chi connectivity index (χ1) is 10.5. The van der Waals surface area contributed by atoms with E-state index in [0.717, 1.165) is 5.75 Å². The molecule has 0 radical (unpaired) electrons. The fraction of sp³-hybridized carbons (Fsp3) is 0.533. The highest BCUT2D eigenvalue weighted by molar-refractivity contribution is 7.91. The van der Waals surface area contributed by atoms with Crippen LogP contribution in [0.1, 0.15) is 12.8 Å². The van der Waals surface area contributed by atoms with Gasteiger partial charge in [0, 0.05) is 6.54 Å². The van der Waals surface area contributed by atoms with Crippen molar-refractivity contribution in [2.75, 3.05) is 31.8 Å². The number of hydrogen-bond acceptors (Lipinski definition) is 5. The molecule has 0 bridgehead atoms. The molecule has 0 saturated carbocycles. The summed E-state index contributed by atoms with van der Waals surface area (Å²) in [6.45, 7) is 0.696. The second kappa shape index (κ2) is 7.49. The lowest BCUT2D eigenvalue weighted by atomic mass is 10.1. The standard InChI is InChI=1S/C15H21NO5S/c1-20-13-2-4-14(5-3-13)21-8-6-15(17)16-10-12-7-9-22(18,19)11-12/h2-5,12H,6-11H2,1H3,(H,16,17)/t12-/m1/s1. The van der Waals surface area contributed by atoms with Crippen molar-refractivity contribution in [1.29, 1.82) is 0 Å². The van der Waals surface area contributed by atoms with E-state index in [1.54, 1.807) is 31.4 Å².